The second kappa shape index (κ2) is 6.28. The van der Waals surface area contributed by atoms with Gasteiger partial charge >= 0.3 is 6.18 Å². The highest BCUT2D eigenvalue weighted by Gasteiger charge is 2.32. The molecule has 0 radical (unpaired) electrons. The van der Waals surface area contributed by atoms with E-state index >= 15 is 0 Å². The van der Waals surface area contributed by atoms with Crippen LogP contribution in [0.3, 0.4) is 0 Å². The van der Waals surface area contributed by atoms with Gasteiger partial charge in [-0.05, 0) is 18.2 Å². The molecule has 0 spiro atoms. The molecule has 1 heterocycles. The van der Waals surface area contributed by atoms with E-state index in [2.05, 4.69) is 4.99 Å². The lowest BCUT2D eigenvalue weighted by Crippen LogP contribution is -2.34. The van der Waals surface area contributed by atoms with Gasteiger partial charge in [-0.15, -0.1) is 0 Å². The Labute approximate surface area is 138 Å². The first-order chi connectivity index (χ1) is 11.4. The fraction of sp³-hybridized carbons (Fsp3) is 0.278. The van der Waals surface area contributed by atoms with Crippen LogP contribution < -0.4 is 4.90 Å². The van der Waals surface area contributed by atoms with Crippen molar-refractivity contribution in [3.8, 4) is 0 Å². The number of aliphatic hydroxyl groups excluding tert-OH is 1. The van der Waals surface area contributed by atoms with Crippen LogP contribution in [0.5, 0.6) is 0 Å². The Morgan fingerprint density at radius 3 is 2.50 bits per heavy atom. The molecule has 3 rings (SSSR count). The van der Waals surface area contributed by atoms with E-state index in [0.29, 0.717) is 23.5 Å². The molecule has 1 aliphatic heterocycles. The SMILES string of the molecule is CN1CC(O)CN=C(c2ccccc2)c2cc(C(F)(F)F)ccc21. The number of β-amino-alcohol motifs (C(OH)–C–C–N with tert-alkyl or cyclic N) is 1. The van der Waals surface area contributed by atoms with Gasteiger partial charge in [0.1, 0.15) is 0 Å². The molecule has 1 unspecified atom stereocenters. The molecule has 3 nitrogen and oxygen atoms in total. The van der Waals surface area contributed by atoms with E-state index < -0.39 is 17.8 Å². The summed E-state index contributed by atoms with van der Waals surface area (Å²) in [5, 5.41) is 10.0. The van der Waals surface area contributed by atoms with E-state index in [4.69, 9.17) is 0 Å². The number of hydrogen-bond donors (Lipinski definition) is 1. The lowest BCUT2D eigenvalue weighted by molar-refractivity contribution is -0.137. The van der Waals surface area contributed by atoms with Crippen molar-refractivity contribution >= 4 is 11.4 Å². The largest absolute Gasteiger partial charge is 0.416 e. The number of alkyl halides is 3. The van der Waals surface area contributed by atoms with E-state index in [1.54, 1.807) is 24.1 Å². The van der Waals surface area contributed by atoms with Crippen molar-refractivity contribution in [2.45, 2.75) is 12.3 Å². The van der Waals surface area contributed by atoms with Gasteiger partial charge in [-0.2, -0.15) is 13.2 Å². The topological polar surface area (TPSA) is 35.8 Å². The molecule has 1 aliphatic rings. The Balaban J connectivity index is 2.21. The summed E-state index contributed by atoms with van der Waals surface area (Å²) in [5.41, 5.74) is 1.51. The minimum absolute atomic E-state index is 0.143. The maximum absolute atomic E-state index is 13.1. The Bertz CT molecular complexity index is 757. The maximum Gasteiger partial charge on any atom is 0.416 e. The first-order valence-corrected chi connectivity index (χ1v) is 7.57. The van der Waals surface area contributed by atoms with Crippen molar-refractivity contribution in [1.29, 1.82) is 0 Å². The first-order valence-electron chi connectivity index (χ1n) is 7.57. The van der Waals surface area contributed by atoms with Crippen LogP contribution in [0.1, 0.15) is 16.7 Å². The van der Waals surface area contributed by atoms with Gasteiger partial charge in [0, 0.05) is 30.4 Å². The van der Waals surface area contributed by atoms with Crippen LogP contribution >= 0.6 is 0 Å². The van der Waals surface area contributed by atoms with Crippen LogP contribution in [-0.2, 0) is 6.18 Å². The molecule has 1 atom stereocenters. The second-order valence-electron chi connectivity index (χ2n) is 5.82. The van der Waals surface area contributed by atoms with Gasteiger partial charge in [0.05, 0.1) is 23.9 Å². The highest BCUT2D eigenvalue weighted by atomic mass is 19.4. The van der Waals surface area contributed by atoms with Crippen molar-refractivity contribution in [2.75, 3.05) is 25.0 Å². The quantitative estimate of drug-likeness (QED) is 0.868. The third-order valence-electron chi connectivity index (χ3n) is 3.98. The molecule has 0 saturated heterocycles. The minimum Gasteiger partial charge on any atom is -0.389 e. The fourth-order valence-corrected chi connectivity index (χ4v) is 2.83. The number of rotatable bonds is 1. The maximum atomic E-state index is 13.1. The second-order valence-corrected chi connectivity index (χ2v) is 5.82. The van der Waals surface area contributed by atoms with Crippen LogP contribution in [0, 0.1) is 0 Å². The van der Waals surface area contributed by atoms with Crippen molar-refractivity contribution in [2.24, 2.45) is 4.99 Å². The number of nitrogens with zero attached hydrogens (tertiary/aromatic N) is 2. The summed E-state index contributed by atoms with van der Waals surface area (Å²) in [6, 6.07) is 12.7. The predicted octanol–water partition coefficient (Wildman–Crippen LogP) is 3.35. The van der Waals surface area contributed by atoms with Crippen molar-refractivity contribution in [3.05, 3.63) is 65.2 Å². The van der Waals surface area contributed by atoms with Crippen LogP contribution in [-0.4, -0.2) is 37.1 Å². The summed E-state index contributed by atoms with van der Waals surface area (Å²) in [6.45, 7) is 0.453. The van der Waals surface area contributed by atoms with E-state index in [-0.39, 0.29) is 6.54 Å². The lowest BCUT2D eigenvalue weighted by Gasteiger charge is -2.28. The molecule has 0 saturated carbocycles. The van der Waals surface area contributed by atoms with Crippen LogP contribution in [0.4, 0.5) is 18.9 Å². The molecule has 0 fully saturated rings. The number of anilines is 1. The molecular formula is C18H17F3N2O. The van der Waals surface area contributed by atoms with Gasteiger partial charge in [-0.1, -0.05) is 30.3 Å². The fourth-order valence-electron chi connectivity index (χ4n) is 2.83. The standard InChI is InChI=1S/C18H17F3N2O/c1-23-11-14(24)10-22-17(12-5-3-2-4-6-12)15-9-13(18(19,20)21)7-8-16(15)23/h2-9,14,24H,10-11H2,1H3. The van der Waals surface area contributed by atoms with Gasteiger partial charge in [0.25, 0.3) is 0 Å². The van der Waals surface area contributed by atoms with Crippen LogP contribution in [0.25, 0.3) is 0 Å². The van der Waals surface area contributed by atoms with Gasteiger partial charge in [-0.3, -0.25) is 4.99 Å². The number of hydrogen-bond acceptors (Lipinski definition) is 3. The molecule has 1 N–H and O–H groups in total. The summed E-state index contributed by atoms with van der Waals surface area (Å²) < 4.78 is 39.4. The highest BCUT2D eigenvalue weighted by molar-refractivity contribution is 6.16. The van der Waals surface area contributed by atoms with Gasteiger partial charge < -0.3 is 10.0 Å². The summed E-state index contributed by atoms with van der Waals surface area (Å²) in [5.74, 6) is 0. The lowest BCUT2D eigenvalue weighted by atomic mass is 9.96. The number of halogens is 3. The average molecular weight is 334 g/mol. The average Bonchev–Trinajstić information content (AvgIpc) is 2.53. The molecule has 2 aromatic carbocycles. The first kappa shape index (κ1) is 16.5. The third kappa shape index (κ3) is 3.28. The molecule has 6 heteroatoms. The Morgan fingerprint density at radius 2 is 1.83 bits per heavy atom. The Hall–Kier alpha value is -2.34. The zero-order valence-corrected chi connectivity index (χ0v) is 13.1. The third-order valence-corrected chi connectivity index (χ3v) is 3.98. The molecule has 126 valence electrons. The van der Waals surface area contributed by atoms with Crippen LogP contribution in [0.15, 0.2) is 53.5 Å². The number of benzene rings is 2. The number of likely N-dealkylation sites (N-methyl/N-ethyl adjacent to an activating group) is 1. The summed E-state index contributed by atoms with van der Waals surface area (Å²) in [7, 11) is 1.75. The normalized spacial score (nSPS) is 18.5. The van der Waals surface area contributed by atoms with Gasteiger partial charge in [0.15, 0.2) is 0 Å². The number of fused-ring (bicyclic) bond motifs is 1. The van der Waals surface area contributed by atoms with Crippen molar-refractivity contribution in [3.63, 3.8) is 0 Å². The van der Waals surface area contributed by atoms with Gasteiger partial charge in [-0.25, -0.2) is 0 Å². The van der Waals surface area contributed by atoms with E-state index in [1.807, 2.05) is 18.2 Å². The van der Waals surface area contributed by atoms with Gasteiger partial charge in [0.2, 0.25) is 0 Å². The minimum atomic E-state index is -4.42. The zero-order valence-electron chi connectivity index (χ0n) is 13.1. The van der Waals surface area contributed by atoms with Crippen LogP contribution in [0.2, 0.25) is 0 Å². The van der Waals surface area contributed by atoms with E-state index in [1.165, 1.54) is 6.07 Å². The smallest absolute Gasteiger partial charge is 0.389 e. The van der Waals surface area contributed by atoms with E-state index in [0.717, 1.165) is 17.7 Å². The summed E-state index contributed by atoms with van der Waals surface area (Å²) >= 11 is 0. The predicted molar refractivity (Wildman–Crippen MR) is 87.7 cm³/mol. The Morgan fingerprint density at radius 1 is 1.12 bits per heavy atom. The summed E-state index contributed by atoms with van der Waals surface area (Å²) in [4.78, 5) is 6.17. The van der Waals surface area contributed by atoms with Crippen molar-refractivity contribution in [1.82, 2.24) is 0 Å². The Kier molecular flexibility index (Phi) is 4.32. The molecule has 0 aromatic heterocycles. The number of aliphatic hydroxyl groups is 1. The van der Waals surface area contributed by atoms with E-state index in [9.17, 15) is 18.3 Å². The number of aliphatic imine (C=N–C) groups is 1. The zero-order chi connectivity index (χ0) is 17.3. The highest BCUT2D eigenvalue weighted by Crippen LogP contribution is 2.34. The molecule has 0 aliphatic carbocycles. The molecule has 24 heavy (non-hydrogen) atoms. The molecular weight excluding hydrogens is 317 g/mol. The monoisotopic (exact) mass is 334 g/mol. The van der Waals surface area contributed by atoms with Crippen molar-refractivity contribution < 1.29 is 18.3 Å². The summed E-state index contributed by atoms with van der Waals surface area (Å²) in [6.07, 6.45) is -5.10. The molecule has 0 amide bonds. The molecule has 0 bridgehead atoms. The molecule has 2 aromatic rings.